The highest BCUT2D eigenvalue weighted by atomic mass is 19.1. The molecule has 1 aromatic heterocycles. The minimum atomic E-state index is -0.291. The van der Waals surface area contributed by atoms with Gasteiger partial charge in [0.25, 0.3) is 0 Å². The quantitative estimate of drug-likeness (QED) is 0.634. The van der Waals surface area contributed by atoms with E-state index in [2.05, 4.69) is 4.98 Å². The normalized spacial score (nSPS) is 12.0. The van der Waals surface area contributed by atoms with Gasteiger partial charge in [0, 0.05) is 18.2 Å². The standard InChI is InChI=1S/C18H19FN2/c1-18(2,3)15-16(19)13(12-8-6-5-7-9-12)10-14-17(15)21(4)11-20-14/h5-11H,1-4H3. The first-order valence-corrected chi connectivity index (χ1v) is 7.09. The summed E-state index contributed by atoms with van der Waals surface area (Å²) in [5, 5.41) is 0. The largest absolute Gasteiger partial charge is 0.333 e. The van der Waals surface area contributed by atoms with Crippen molar-refractivity contribution in [2.45, 2.75) is 26.2 Å². The van der Waals surface area contributed by atoms with Crippen LogP contribution in [0.2, 0.25) is 0 Å². The lowest BCUT2D eigenvalue weighted by molar-refractivity contribution is 0.528. The van der Waals surface area contributed by atoms with Crippen LogP contribution in [-0.2, 0) is 12.5 Å². The number of nitrogens with zero attached hydrogens (tertiary/aromatic N) is 2. The van der Waals surface area contributed by atoms with Crippen LogP contribution in [0.3, 0.4) is 0 Å². The molecule has 0 aliphatic carbocycles. The highest BCUT2D eigenvalue weighted by Crippen LogP contribution is 2.37. The van der Waals surface area contributed by atoms with Gasteiger partial charge in [-0.3, -0.25) is 0 Å². The van der Waals surface area contributed by atoms with Gasteiger partial charge in [-0.25, -0.2) is 9.37 Å². The Balaban J connectivity index is 2.42. The van der Waals surface area contributed by atoms with Crippen molar-refractivity contribution in [3.63, 3.8) is 0 Å². The Morgan fingerprint density at radius 2 is 1.76 bits per heavy atom. The molecule has 0 amide bonds. The second kappa shape index (κ2) is 4.69. The average molecular weight is 282 g/mol. The van der Waals surface area contributed by atoms with Gasteiger partial charge in [-0.2, -0.15) is 0 Å². The van der Waals surface area contributed by atoms with Gasteiger partial charge in [0.2, 0.25) is 0 Å². The lowest BCUT2D eigenvalue weighted by Crippen LogP contribution is -2.16. The molecule has 2 nitrogen and oxygen atoms in total. The monoisotopic (exact) mass is 282 g/mol. The summed E-state index contributed by atoms with van der Waals surface area (Å²) >= 11 is 0. The zero-order chi connectivity index (χ0) is 15.2. The minimum absolute atomic E-state index is 0.148. The fourth-order valence-electron chi connectivity index (χ4n) is 2.81. The third-order valence-electron chi connectivity index (χ3n) is 3.77. The van der Waals surface area contributed by atoms with Crippen LogP contribution < -0.4 is 0 Å². The summed E-state index contributed by atoms with van der Waals surface area (Å²) in [6.07, 6.45) is 1.74. The van der Waals surface area contributed by atoms with Gasteiger partial charge in [0.15, 0.2) is 0 Å². The molecule has 3 rings (SSSR count). The maximum absolute atomic E-state index is 15.2. The van der Waals surface area contributed by atoms with E-state index < -0.39 is 0 Å². The van der Waals surface area contributed by atoms with Crippen molar-refractivity contribution in [1.29, 1.82) is 0 Å². The Kier molecular flexibility index (Phi) is 3.08. The van der Waals surface area contributed by atoms with Crippen molar-refractivity contribution in [3.05, 3.63) is 54.1 Å². The second-order valence-corrected chi connectivity index (χ2v) is 6.45. The summed E-state index contributed by atoms with van der Waals surface area (Å²) in [4.78, 5) is 4.42. The molecule has 0 saturated heterocycles. The molecule has 0 radical (unpaired) electrons. The van der Waals surface area contributed by atoms with Crippen LogP contribution in [0.1, 0.15) is 26.3 Å². The lowest BCUT2D eigenvalue weighted by Gasteiger charge is -2.23. The number of hydrogen-bond donors (Lipinski definition) is 0. The minimum Gasteiger partial charge on any atom is -0.333 e. The number of halogens is 1. The zero-order valence-corrected chi connectivity index (χ0v) is 12.8. The third-order valence-corrected chi connectivity index (χ3v) is 3.77. The summed E-state index contributed by atoms with van der Waals surface area (Å²) in [6, 6.07) is 11.5. The predicted octanol–water partition coefficient (Wildman–Crippen LogP) is 4.68. The molecule has 0 saturated carbocycles. The van der Waals surface area contributed by atoms with Crippen LogP contribution in [0.25, 0.3) is 22.2 Å². The molecule has 0 spiro atoms. The smallest absolute Gasteiger partial charge is 0.136 e. The Labute approximate surface area is 124 Å². The number of fused-ring (bicyclic) bond motifs is 1. The van der Waals surface area contributed by atoms with Gasteiger partial charge < -0.3 is 4.57 Å². The molecule has 2 aromatic carbocycles. The average Bonchev–Trinajstić information content (AvgIpc) is 2.79. The van der Waals surface area contributed by atoms with E-state index in [0.29, 0.717) is 5.56 Å². The van der Waals surface area contributed by atoms with Crippen LogP contribution >= 0.6 is 0 Å². The van der Waals surface area contributed by atoms with Crippen LogP contribution in [0, 0.1) is 5.82 Å². The Bertz CT molecular complexity index is 795. The SMILES string of the molecule is Cn1cnc2cc(-c3ccccc3)c(F)c(C(C)(C)C)c21. The van der Waals surface area contributed by atoms with Gasteiger partial charge in [0.05, 0.1) is 17.4 Å². The van der Waals surface area contributed by atoms with Crippen LogP contribution in [-0.4, -0.2) is 9.55 Å². The Hall–Kier alpha value is -2.16. The van der Waals surface area contributed by atoms with Crippen molar-refractivity contribution < 1.29 is 4.39 Å². The topological polar surface area (TPSA) is 17.8 Å². The first-order valence-electron chi connectivity index (χ1n) is 7.09. The van der Waals surface area contributed by atoms with Crippen molar-refractivity contribution >= 4 is 11.0 Å². The first kappa shape index (κ1) is 13.8. The number of aromatic nitrogens is 2. The van der Waals surface area contributed by atoms with E-state index in [9.17, 15) is 0 Å². The summed E-state index contributed by atoms with van der Waals surface area (Å²) in [5.41, 5.74) is 3.64. The molecular weight excluding hydrogens is 263 g/mol. The van der Waals surface area contributed by atoms with Crippen molar-refractivity contribution in [3.8, 4) is 11.1 Å². The molecule has 21 heavy (non-hydrogen) atoms. The van der Waals surface area contributed by atoms with Crippen molar-refractivity contribution in [2.24, 2.45) is 7.05 Å². The highest BCUT2D eigenvalue weighted by molar-refractivity contribution is 5.86. The summed E-state index contributed by atoms with van der Waals surface area (Å²) in [7, 11) is 1.91. The maximum atomic E-state index is 15.2. The number of hydrogen-bond acceptors (Lipinski definition) is 1. The molecule has 0 bridgehead atoms. The highest BCUT2D eigenvalue weighted by Gasteiger charge is 2.26. The fraction of sp³-hybridized carbons (Fsp3) is 0.278. The molecule has 0 atom stereocenters. The molecule has 1 heterocycles. The molecular formula is C18H19FN2. The molecule has 3 heteroatoms. The van der Waals surface area contributed by atoms with Gasteiger partial charge in [-0.15, -0.1) is 0 Å². The van der Waals surface area contributed by atoms with E-state index in [1.54, 1.807) is 6.33 Å². The number of aryl methyl sites for hydroxylation is 1. The molecule has 3 aromatic rings. The predicted molar refractivity (Wildman–Crippen MR) is 84.8 cm³/mol. The molecule has 0 aliphatic heterocycles. The van der Waals surface area contributed by atoms with Gasteiger partial charge in [0.1, 0.15) is 5.82 Å². The zero-order valence-electron chi connectivity index (χ0n) is 12.8. The maximum Gasteiger partial charge on any atom is 0.136 e. The second-order valence-electron chi connectivity index (χ2n) is 6.45. The van der Waals surface area contributed by atoms with E-state index in [0.717, 1.165) is 22.2 Å². The van der Waals surface area contributed by atoms with Crippen LogP contribution in [0.15, 0.2) is 42.7 Å². The summed E-state index contributed by atoms with van der Waals surface area (Å²) < 4.78 is 17.1. The van der Waals surface area contributed by atoms with Gasteiger partial charge in [-0.1, -0.05) is 51.1 Å². The molecule has 0 unspecified atom stereocenters. The van der Waals surface area contributed by atoms with E-state index >= 15 is 4.39 Å². The van der Waals surface area contributed by atoms with E-state index in [4.69, 9.17) is 0 Å². The molecule has 0 aliphatic rings. The summed E-state index contributed by atoms with van der Waals surface area (Å²) in [6.45, 7) is 6.10. The molecule has 108 valence electrons. The molecule has 0 fully saturated rings. The Morgan fingerprint density at radius 1 is 1.10 bits per heavy atom. The van der Waals surface area contributed by atoms with E-state index in [1.165, 1.54) is 0 Å². The van der Waals surface area contributed by atoms with E-state index in [-0.39, 0.29) is 11.2 Å². The number of benzene rings is 2. The Morgan fingerprint density at radius 3 is 2.38 bits per heavy atom. The van der Waals surface area contributed by atoms with Crippen LogP contribution in [0.5, 0.6) is 0 Å². The molecule has 0 N–H and O–H groups in total. The van der Waals surface area contributed by atoms with Gasteiger partial charge in [-0.05, 0) is 17.0 Å². The van der Waals surface area contributed by atoms with Crippen LogP contribution in [0.4, 0.5) is 4.39 Å². The van der Waals surface area contributed by atoms with Crippen molar-refractivity contribution in [2.75, 3.05) is 0 Å². The van der Waals surface area contributed by atoms with Gasteiger partial charge >= 0.3 is 0 Å². The summed E-state index contributed by atoms with van der Waals surface area (Å²) in [5.74, 6) is -0.148. The third kappa shape index (κ3) is 2.23. The number of rotatable bonds is 1. The number of imidazole rings is 1. The van der Waals surface area contributed by atoms with Crippen molar-refractivity contribution in [1.82, 2.24) is 9.55 Å². The fourth-order valence-corrected chi connectivity index (χ4v) is 2.81. The lowest BCUT2D eigenvalue weighted by atomic mass is 9.83. The first-order chi connectivity index (χ1) is 9.89. The van der Waals surface area contributed by atoms with E-state index in [1.807, 2.05) is 68.8 Å².